The SMILES string of the molecule is CCCCCc1ccc(S(=O)(=O)N2CCC3(CC2)OCCO3)cc1. The number of hydrogen-bond donors (Lipinski definition) is 0. The first kappa shape index (κ1) is 17.9. The van der Waals surface area contributed by atoms with Gasteiger partial charge in [-0.1, -0.05) is 31.9 Å². The summed E-state index contributed by atoms with van der Waals surface area (Å²) < 4.78 is 38.5. The van der Waals surface area contributed by atoms with Crippen molar-refractivity contribution >= 4 is 10.0 Å². The smallest absolute Gasteiger partial charge is 0.243 e. The highest BCUT2D eigenvalue weighted by atomic mass is 32.2. The van der Waals surface area contributed by atoms with E-state index in [1.807, 2.05) is 12.1 Å². The van der Waals surface area contributed by atoms with E-state index >= 15 is 0 Å². The number of aryl methyl sites for hydroxylation is 1. The summed E-state index contributed by atoms with van der Waals surface area (Å²) in [6.45, 7) is 4.28. The summed E-state index contributed by atoms with van der Waals surface area (Å²) in [5.41, 5.74) is 1.20. The number of nitrogens with zero attached hydrogens (tertiary/aromatic N) is 1. The topological polar surface area (TPSA) is 55.8 Å². The predicted octanol–water partition coefficient (Wildman–Crippen LogP) is 2.95. The van der Waals surface area contributed by atoms with Crippen LogP contribution in [0.2, 0.25) is 0 Å². The molecule has 0 atom stereocenters. The first-order valence-electron chi connectivity index (χ1n) is 8.93. The molecule has 2 saturated heterocycles. The fourth-order valence-corrected chi connectivity index (χ4v) is 4.85. The average Bonchev–Trinajstić information content (AvgIpc) is 3.04. The third kappa shape index (κ3) is 3.82. The molecule has 2 aliphatic rings. The van der Waals surface area contributed by atoms with Crippen molar-refractivity contribution in [3.63, 3.8) is 0 Å². The molecule has 0 amide bonds. The van der Waals surface area contributed by atoms with Crippen LogP contribution in [0.3, 0.4) is 0 Å². The minimum Gasteiger partial charge on any atom is -0.347 e. The van der Waals surface area contributed by atoms with E-state index in [-0.39, 0.29) is 0 Å². The minimum absolute atomic E-state index is 0.381. The molecule has 3 rings (SSSR count). The molecular weight excluding hydrogens is 326 g/mol. The van der Waals surface area contributed by atoms with E-state index in [1.54, 1.807) is 16.4 Å². The molecule has 5 nitrogen and oxygen atoms in total. The molecule has 1 spiro atoms. The predicted molar refractivity (Wildman–Crippen MR) is 92.3 cm³/mol. The molecule has 0 bridgehead atoms. The van der Waals surface area contributed by atoms with Gasteiger partial charge in [-0.25, -0.2) is 8.42 Å². The van der Waals surface area contributed by atoms with Crippen LogP contribution in [0.15, 0.2) is 29.2 Å². The monoisotopic (exact) mass is 353 g/mol. The summed E-state index contributed by atoms with van der Waals surface area (Å²) in [6, 6.07) is 7.36. The number of benzene rings is 1. The fraction of sp³-hybridized carbons (Fsp3) is 0.667. The van der Waals surface area contributed by atoms with Gasteiger partial charge >= 0.3 is 0 Å². The maximum Gasteiger partial charge on any atom is 0.243 e. The van der Waals surface area contributed by atoms with Crippen LogP contribution >= 0.6 is 0 Å². The van der Waals surface area contributed by atoms with E-state index in [2.05, 4.69) is 6.92 Å². The molecule has 2 fully saturated rings. The summed E-state index contributed by atoms with van der Waals surface area (Å²) in [7, 11) is -3.43. The molecule has 2 aliphatic heterocycles. The molecule has 0 radical (unpaired) electrons. The van der Waals surface area contributed by atoms with Crippen molar-refractivity contribution < 1.29 is 17.9 Å². The third-order valence-electron chi connectivity index (χ3n) is 4.93. The van der Waals surface area contributed by atoms with Gasteiger partial charge in [-0.2, -0.15) is 4.31 Å². The zero-order chi connectivity index (χ0) is 17.0. The molecule has 6 heteroatoms. The second-order valence-corrected chi connectivity index (χ2v) is 8.55. The van der Waals surface area contributed by atoms with Crippen molar-refractivity contribution in [1.29, 1.82) is 0 Å². The van der Waals surface area contributed by atoms with E-state index in [9.17, 15) is 8.42 Å². The Labute approximate surface area is 145 Å². The molecular formula is C18H27NO4S. The number of rotatable bonds is 6. The number of sulfonamides is 1. The van der Waals surface area contributed by atoms with E-state index in [1.165, 1.54) is 18.4 Å². The number of piperidine rings is 1. The largest absolute Gasteiger partial charge is 0.347 e. The summed E-state index contributed by atoms with van der Waals surface area (Å²) in [5.74, 6) is -0.546. The van der Waals surface area contributed by atoms with E-state index < -0.39 is 15.8 Å². The first-order valence-corrected chi connectivity index (χ1v) is 10.4. The van der Waals surface area contributed by atoms with E-state index in [0.29, 0.717) is 44.0 Å². The Morgan fingerprint density at radius 3 is 2.25 bits per heavy atom. The Kier molecular flexibility index (Phi) is 5.59. The lowest BCUT2D eigenvalue weighted by Gasteiger charge is -2.36. The fourth-order valence-electron chi connectivity index (χ4n) is 3.41. The summed E-state index contributed by atoms with van der Waals surface area (Å²) in [5, 5.41) is 0. The van der Waals surface area contributed by atoms with Gasteiger partial charge in [0.15, 0.2) is 5.79 Å². The maximum atomic E-state index is 12.8. The average molecular weight is 353 g/mol. The number of ether oxygens (including phenoxy) is 2. The van der Waals surface area contributed by atoms with Crippen LogP contribution in [-0.4, -0.2) is 44.8 Å². The van der Waals surface area contributed by atoms with Gasteiger partial charge in [0, 0.05) is 25.9 Å². The Morgan fingerprint density at radius 1 is 1.04 bits per heavy atom. The Bertz CT molecular complexity index is 625. The molecule has 0 unspecified atom stereocenters. The summed E-state index contributed by atoms with van der Waals surface area (Å²) >= 11 is 0. The van der Waals surface area contributed by atoms with Crippen LogP contribution in [-0.2, 0) is 25.9 Å². The van der Waals surface area contributed by atoms with Crippen LogP contribution in [0.25, 0.3) is 0 Å². The van der Waals surface area contributed by atoms with Crippen molar-refractivity contribution in [2.24, 2.45) is 0 Å². The van der Waals surface area contributed by atoms with Crippen molar-refractivity contribution in [2.75, 3.05) is 26.3 Å². The first-order chi connectivity index (χ1) is 11.6. The molecule has 2 heterocycles. The molecule has 134 valence electrons. The zero-order valence-electron chi connectivity index (χ0n) is 14.4. The molecule has 1 aromatic rings. The second-order valence-electron chi connectivity index (χ2n) is 6.61. The lowest BCUT2D eigenvalue weighted by molar-refractivity contribution is -0.179. The Hall–Kier alpha value is -0.950. The molecule has 0 aromatic heterocycles. The van der Waals surface area contributed by atoms with Crippen molar-refractivity contribution in [2.45, 2.75) is 56.1 Å². The van der Waals surface area contributed by atoms with Gasteiger partial charge in [-0.15, -0.1) is 0 Å². The lowest BCUT2D eigenvalue weighted by Crippen LogP contribution is -2.47. The summed E-state index contributed by atoms with van der Waals surface area (Å²) in [4.78, 5) is 0.381. The van der Waals surface area contributed by atoms with Gasteiger partial charge in [0.1, 0.15) is 0 Å². The maximum absolute atomic E-state index is 12.8. The highest BCUT2D eigenvalue weighted by Gasteiger charge is 2.42. The van der Waals surface area contributed by atoms with Crippen molar-refractivity contribution in [1.82, 2.24) is 4.31 Å². The van der Waals surface area contributed by atoms with Crippen molar-refractivity contribution in [3.05, 3.63) is 29.8 Å². The van der Waals surface area contributed by atoms with Gasteiger partial charge in [0.25, 0.3) is 0 Å². The van der Waals surface area contributed by atoms with Gasteiger partial charge in [-0.3, -0.25) is 0 Å². The molecule has 0 aliphatic carbocycles. The molecule has 24 heavy (non-hydrogen) atoms. The van der Waals surface area contributed by atoms with Crippen LogP contribution < -0.4 is 0 Å². The van der Waals surface area contributed by atoms with Gasteiger partial charge < -0.3 is 9.47 Å². The minimum atomic E-state index is -3.43. The number of unbranched alkanes of at least 4 members (excludes halogenated alkanes) is 2. The van der Waals surface area contributed by atoms with Crippen LogP contribution in [0.4, 0.5) is 0 Å². The van der Waals surface area contributed by atoms with Gasteiger partial charge in [-0.05, 0) is 30.5 Å². The van der Waals surface area contributed by atoms with Crippen LogP contribution in [0, 0.1) is 0 Å². The second kappa shape index (κ2) is 7.52. The van der Waals surface area contributed by atoms with Gasteiger partial charge in [0.2, 0.25) is 10.0 Å². The molecule has 0 saturated carbocycles. The normalized spacial score (nSPS) is 21.4. The zero-order valence-corrected chi connectivity index (χ0v) is 15.2. The third-order valence-corrected chi connectivity index (χ3v) is 6.84. The Balaban J connectivity index is 1.63. The standard InChI is InChI=1S/C18H27NO4S/c1-2-3-4-5-16-6-8-17(9-7-16)24(20,21)19-12-10-18(11-13-19)22-14-15-23-18/h6-9H,2-5,10-15H2,1H3. The molecule has 1 aromatic carbocycles. The van der Waals surface area contributed by atoms with E-state index in [0.717, 1.165) is 12.8 Å². The summed E-state index contributed by atoms with van der Waals surface area (Å²) in [6.07, 6.45) is 5.75. The van der Waals surface area contributed by atoms with E-state index in [4.69, 9.17) is 9.47 Å². The Morgan fingerprint density at radius 2 is 1.67 bits per heavy atom. The molecule has 0 N–H and O–H groups in total. The van der Waals surface area contributed by atoms with Crippen LogP contribution in [0.1, 0.15) is 44.6 Å². The van der Waals surface area contributed by atoms with Crippen molar-refractivity contribution in [3.8, 4) is 0 Å². The highest BCUT2D eigenvalue weighted by Crippen LogP contribution is 2.33. The highest BCUT2D eigenvalue weighted by molar-refractivity contribution is 7.89. The van der Waals surface area contributed by atoms with Gasteiger partial charge in [0.05, 0.1) is 18.1 Å². The number of hydrogen-bond acceptors (Lipinski definition) is 4. The lowest BCUT2D eigenvalue weighted by atomic mass is 10.1. The van der Waals surface area contributed by atoms with Crippen LogP contribution in [0.5, 0.6) is 0 Å². The quantitative estimate of drug-likeness (QED) is 0.738.